The van der Waals surface area contributed by atoms with Gasteiger partial charge in [0.2, 0.25) is 5.95 Å². The monoisotopic (exact) mass is 342 g/mol. The van der Waals surface area contributed by atoms with Gasteiger partial charge in [-0.1, -0.05) is 0 Å². The summed E-state index contributed by atoms with van der Waals surface area (Å²) in [5, 5.41) is 7.46. The highest BCUT2D eigenvalue weighted by molar-refractivity contribution is 5.93. The summed E-state index contributed by atoms with van der Waals surface area (Å²) in [6, 6.07) is 0. The van der Waals surface area contributed by atoms with Crippen LogP contribution in [0.1, 0.15) is 47.1 Å². The van der Waals surface area contributed by atoms with Gasteiger partial charge in [-0.05, 0) is 45.6 Å². The van der Waals surface area contributed by atoms with Gasteiger partial charge in [0, 0.05) is 44.3 Å². The second-order valence-corrected chi connectivity index (χ2v) is 6.44. The number of nitrogens with one attached hydrogen (secondary N) is 1. The van der Waals surface area contributed by atoms with Crippen LogP contribution in [0.25, 0.3) is 0 Å². The lowest BCUT2D eigenvalue weighted by Gasteiger charge is -2.14. The van der Waals surface area contributed by atoms with Crippen molar-refractivity contribution < 1.29 is 4.79 Å². The molecule has 0 radical (unpaired) electrons. The SMILES string of the molecule is CCn1nc(C)c(CCNC(=O)c2cnc(N3CCCC3)nc2)c1C. The normalized spacial score (nSPS) is 14.1. The summed E-state index contributed by atoms with van der Waals surface area (Å²) < 4.78 is 2.00. The Morgan fingerprint density at radius 2 is 1.88 bits per heavy atom. The lowest BCUT2D eigenvalue weighted by atomic mass is 10.1. The van der Waals surface area contributed by atoms with Crippen molar-refractivity contribution in [3.8, 4) is 0 Å². The van der Waals surface area contributed by atoms with Gasteiger partial charge in [0.1, 0.15) is 0 Å². The summed E-state index contributed by atoms with van der Waals surface area (Å²) in [6.07, 6.45) is 6.36. The zero-order valence-electron chi connectivity index (χ0n) is 15.2. The summed E-state index contributed by atoms with van der Waals surface area (Å²) in [5.74, 6) is 0.582. The van der Waals surface area contributed by atoms with Gasteiger partial charge >= 0.3 is 0 Å². The number of aromatic nitrogens is 4. The van der Waals surface area contributed by atoms with Crippen molar-refractivity contribution in [1.82, 2.24) is 25.1 Å². The highest BCUT2D eigenvalue weighted by atomic mass is 16.1. The Balaban J connectivity index is 1.55. The molecule has 3 rings (SSSR count). The highest BCUT2D eigenvalue weighted by Crippen LogP contribution is 2.15. The molecule has 1 saturated heterocycles. The molecule has 0 saturated carbocycles. The van der Waals surface area contributed by atoms with Gasteiger partial charge in [-0.3, -0.25) is 9.48 Å². The van der Waals surface area contributed by atoms with Crippen molar-refractivity contribution in [3.63, 3.8) is 0 Å². The molecular weight excluding hydrogens is 316 g/mol. The number of amides is 1. The smallest absolute Gasteiger partial charge is 0.254 e. The molecule has 1 fully saturated rings. The van der Waals surface area contributed by atoms with E-state index in [2.05, 4.69) is 39.1 Å². The van der Waals surface area contributed by atoms with Crippen molar-refractivity contribution in [1.29, 1.82) is 0 Å². The summed E-state index contributed by atoms with van der Waals surface area (Å²) in [7, 11) is 0. The Morgan fingerprint density at radius 1 is 1.20 bits per heavy atom. The van der Waals surface area contributed by atoms with Crippen LogP contribution in [-0.2, 0) is 13.0 Å². The first-order chi connectivity index (χ1) is 12.1. The van der Waals surface area contributed by atoms with E-state index in [0.717, 1.165) is 31.7 Å². The standard InChI is InChI=1S/C18H26N6O/c1-4-24-14(3)16(13(2)22-24)7-8-19-17(25)15-11-20-18(21-12-15)23-9-5-6-10-23/h11-12H,4-10H2,1-3H3,(H,19,25). The molecule has 1 aliphatic rings. The number of carbonyl (C=O) groups is 1. The van der Waals surface area contributed by atoms with E-state index in [9.17, 15) is 4.79 Å². The van der Waals surface area contributed by atoms with Crippen LogP contribution < -0.4 is 10.2 Å². The Bertz CT molecular complexity index is 731. The van der Waals surface area contributed by atoms with Gasteiger partial charge in [-0.25, -0.2) is 9.97 Å². The van der Waals surface area contributed by atoms with Crippen molar-refractivity contribution in [2.75, 3.05) is 24.5 Å². The zero-order chi connectivity index (χ0) is 17.8. The topological polar surface area (TPSA) is 75.9 Å². The van der Waals surface area contributed by atoms with Crippen LogP contribution in [0.4, 0.5) is 5.95 Å². The minimum absolute atomic E-state index is 0.133. The third-order valence-corrected chi connectivity index (χ3v) is 4.78. The van der Waals surface area contributed by atoms with Crippen LogP contribution in [-0.4, -0.2) is 45.3 Å². The summed E-state index contributed by atoms with van der Waals surface area (Å²) in [6.45, 7) is 9.60. The average Bonchev–Trinajstić information content (AvgIpc) is 3.25. The van der Waals surface area contributed by atoms with Gasteiger partial charge < -0.3 is 10.2 Å². The van der Waals surface area contributed by atoms with Gasteiger partial charge in [0.15, 0.2) is 0 Å². The molecular formula is C18H26N6O. The fourth-order valence-corrected chi connectivity index (χ4v) is 3.33. The van der Waals surface area contributed by atoms with Crippen molar-refractivity contribution >= 4 is 11.9 Å². The van der Waals surface area contributed by atoms with Gasteiger partial charge in [0.05, 0.1) is 11.3 Å². The number of aryl methyl sites for hydroxylation is 2. The lowest BCUT2D eigenvalue weighted by Crippen LogP contribution is -2.27. The number of nitrogens with zero attached hydrogens (tertiary/aromatic N) is 5. The molecule has 0 aromatic carbocycles. The summed E-state index contributed by atoms with van der Waals surface area (Å²) >= 11 is 0. The minimum Gasteiger partial charge on any atom is -0.352 e. The van der Waals surface area contributed by atoms with E-state index in [1.807, 2.05) is 11.6 Å². The van der Waals surface area contributed by atoms with E-state index >= 15 is 0 Å². The van der Waals surface area contributed by atoms with Crippen molar-refractivity contribution in [2.24, 2.45) is 0 Å². The molecule has 1 aliphatic heterocycles. The zero-order valence-corrected chi connectivity index (χ0v) is 15.2. The van der Waals surface area contributed by atoms with Crippen molar-refractivity contribution in [3.05, 3.63) is 34.9 Å². The van der Waals surface area contributed by atoms with Crippen LogP contribution in [0.15, 0.2) is 12.4 Å². The highest BCUT2D eigenvalue weighted by Gasteiger charge is 2.16. The predicted octanol–water partition coefficient (Wildman–Crippen LogP) is 1.88. The number of carbonyl (C=O) groups excluding carboxylic acids is 1. The first kappa shape index (κ1) is 17.4. The predicted molar refractivity (Wildman–Crippen MR) is 96.9 cm³/mol. The fourth-order valence-electron chi connectivity index (χ4n) is 3.33. The Morgan fingerprint density at radius 3 is 2.48 bits per heavy atom. The molecule has 0 unspecified atom stereocenters. The van der Waals surface area contributed by atoms with Crippen LogP contribution in [0.2, 0.25) is 0 Å². The van der Waals surface area contributed by atoms with Crippen LogP contribution in [0.3, 0.4) is 0 Å². The largest absolute Gasteiger partial charge is 0.352 e. The number of hydrogen-bond donors (Lipinski definition) is 1. The maximum Gasteiger partial charge on any atom is 0.254 e. The lowest BCUT2D eigenvalue weighted by molar-refractivity contribution is 0.0953. The van der Waals surface area contributed by atoms with E-state index in [1.165, 1.54) is 24.1 Å². The maximum absolute atomic E-state index is 12.3. The molecule has 0 spiro atoms. The average molecular weight is 342 g/mol. The third-order valence-electron chi connectivity index (χ3n) is 4.78. The second-order valence-electron chi connectivity index (χ2n) is 6.44. The third kappa shape index (κ3) is 3.81. The number of rotatable bonds is 6. The van der Waals surface area contributed by atoms with E-state index in [0.29, 0.717) is 18.1 Å². The molecule has 7 heteroatoms. The molecule has 25 heavy (non-hydrogen) atoms. The van der Waals surface area contributed by atoms with Crippen LogP contribution in [0.5, 0.6) is 0 Å². The molecule has 3 heterocycles. The quantitative estimate of drug-likeness (QED) is 0.867. The van der Waals surface area contributed by atoms with E-state index < -0.39 is 0 Å². The van der Waals surface area contributed by atoms with Gasteiger partial charge in [-0.15, -0.1) is 0 Å². The van der Waals surface area contributed by atoms with E-state index in [1.54, 1.807) is 12.4 Å². The second kappa shape index (κ2) is 7.63. The molecule has 2 aromatic rings. The Labute approximate surface area is 148 Å². The Hall–Kier alpha value is -2.44. The van der Waals surface area contributed by atoms with Gasteiger partial charge in [0.25, 0.3) is 5.91 Å². The molecule has 2 aromatic heterocycles. The summed E-state index contributed by atoms with van der Waals surface area (Å²) in [5.41, 5.74) is 3.92. The van der Waals surface area contributed by atoms with Crippen LogP contribution >= 0.6 is 0 Å². The molecule has 0 bridgehead atoms. The molecule has 7 nitrogen and oxygen atoms in total. The van der Waals surface area contributed by atoms with E-state index in [4.69, 9.17) is 0 Å². The molecule has 134 valence electrons. The molecule has 1 N–H and O–H groups in total. The van der Waals surface area contributed by atoms with Crippen molar-refractivity contribution in [2.45, 2.75) is 46.6 Å². The first-order valence-electron chi connectivity index (χ1n) is 8.98. The van der Waals surface area contributed by atoms with E-state index in [-0.39, 0.29) is 5.91 Å². The summed E-state index contributed by atoms with van der Waals surface area (Å²) in [4.78, 5) is 23.1. The fraction of sp³-hybridized carbons (Fsp3) is 0.556. The Kier molecular flexibility index (Phi) is 5.31. The molecule has 0 aliphatic carbocycles. The number of anilines is 1. The maximum atomic E-state index is 12.3. The van der Waals surface area contributed by atoms with Gasteiger partial charge in [-0.2, -0.15) is 5.10 Å². The molecule has 0 atom stereocenters. The molecule has 1 amide bonds. The number of hydrogen-bond acceptors (Lipinski definition) is 5. The first-order valence-corrected chi connectivity index (χ1v) is 8.98. The minimum atomic E-state index is -0.133. The van der Waals surface area contributed by atoms with Crippen LogP contribution in [0, 0.1) is 13.8 Å².